The van der Waals surface area contributed by atoms with E-state index < -0.39 is 4.92 Å². The molecule has 2 unspecified atom stereocenters. The topological polar surface area (TPSA) is 75.9 Å². The fourth-order valence-electron chi connectivity index (χ4n) is 4.64. The average Bonchev–Trinajstić information content (AvgIpc) is 2.90. The highest BCUT2D eigenvalue weighted by molar-refractivity contribution is 5.78. The number of ether oxygens (including phenoxy) is 1. The Morgan fingerprint density at radius 3 is 2.05 bits per heavy atom. The minimum atomic E-state index is -0.398. The number of rotatable bonds is 9. The molecule has 37 heavy (non-hydrogen) atoms. The van der Waals surface area contributed by atoms with Crippen LogP contribution in [0.1, 0.15) is 30.5 Å². The van der Waals surface area contributed by atoms with Gasteiger partial charge in [-0.05, 0) is 67.6 Å². The summed E-state index contributed by atoms with van der Waals surface area (Å²) < 4.78 is 19.0. The Hall–Kier alpha value is -3.78. The molecule has 3 aromatic carbocycles. The highest BCUT2D eigenvalue weighted by Gasteiger charge is 2.32. The van der Waals surface area contributed by atoms with E-state index >= 15 is 0 Å². The van der Waals surface area contributed by atoms with E-state index in [0.29, 0.717) is 12.3 Å². The third-order valence-corrected chi connectivity index (χ3v) is 6.87. The summed E-state index contributed by atoms with van der Waals surface area (Å²) in [5, 5.41) is 10.8. The zero-order valence-corrected chi connectivity index (χ0v) is 21.2. The number of carbonyl (C=O) groups is 1. The van der Waals surface area contributed by atoms with Crippen molar-refractivity contribution >= 4 is 11.6 Å². The van der Waals surface area contributed by atoms with E-state index in [-0.39, 0.29) is 36.1 Å². The number of amides is 1. The fourth-order valence-corrected chi connectivity index (χ4v) is 4.64. The second-order valence-electron chi connectivity index (χ2n) is 9.66. The first-order chi connectivity index (χ1) is 17.8. The lowest BCUT2D eigenvalue weighted by Gasteiger charge is -2.44. The maximum absolute atomic E-state index is 13.2. The molecule has 2 atom stereocenters. The molecular formula is C29H32FN3O4. The molecule has 4 rings (SSSR count). The Bertz CT molecular complexity index is 1200. The standard InChI is InChI=1S/C29H32FN3O4/c1-21-18-32(22(2)17-31(21)19-25-5-11-26(30)12-6-25)29(34)20-37-28-15-9-24(10-16-28)4-3-23-7-13-27(14-8-23)33(35)36/h5-16,21-22H,3-4,17-20H2,1-2H3. The molecule has 0 bridgehead atoms. The molecule has 194 valence electrons. The molecule has 3 aromatic rings. The number of benzene rings is 3. The van der Waals surface area contributed by atoms with E-state index in [1.807, 2.05) is 36.1 Å². The summed E-state index contributed by atoms with van der Waals surface area (Å²) in [4.78, 5) is 27.5. The molecule has 0 spiro atoms. The van der Waals surface area contributed by atoms with Gasteiger partial charge in [0.25, 0.3) is 11.6 Å². The second-order valence-corrected chi connectivity index (χ2v) is 9.66. The van der Waals surface area contributed by atoms with Crippen LogP contribution in [0.5, 0.6) is 5.75 Å². The Labute approximate surface area is 216 Å². The summed E-state index contributed by atoms with van der Waals surface area (Å²) in [6, 6.07) is 21.1. The maximum atomic E-state index is 13.2. The van der Waals surface area contributed by atoms with Crippen LogP contribution >= 0.6 is 0 Å². The van der Waals surface area contributed by atoms with Gasteiger partial charge in [0.1, 0.15) is 11.6 Å². The van der Waals surface area contributed by atoms with Crippen LogP contribution in [-0.4, -0.2) is 52.4 Å². The summed E-state index contributed by atoms with van der Waals surface area (Å²) in [5.41, 5.74) is 3.31. The molecule has 1 aliphatic rings. The van der Waals surface area contributed by atoms with Gasteiger partial charge in [0.2, 0.25) is 0 Å². The molecule has 7 nitrogen and oxygen atoms in total. The molecule has 0 saturated carbocycles. The van der Waals surface area contributed by atoms with Gasteiger partial charge in [0.15, 0.2) is 6.61 Å². The van der Waals surface area contributed by atoms with Crippen molar-refractivity contribution in [2.75, 3.05) is 19.7 Å². The largest absolute Gasteiger partial charge is 0.484 e. The summed E-state index contributed by atoms with van der Waals surface area (Å²) in [7, 11) is 0. The quantitative estimate of drug-likeness (QED) is 0.302. The zero-order chi connectivity index (χ0) is 26.4. The minimum Gasteiger partial charge on any atom is -0.484 e. The molecule has 1 amide bonds. The monoisotopic (exact) mass is 505 g/mol. The molecule has 1 saturated heterocycles. The predicted molar refractivity (Wildman–Crippen MR) is 140 cm³/mol. The van der Waals surface area contributed by atoms with Crippen LogP contribution in [0.2, 0.25) is 0 Å². The summed E-state index contributed by atoms with van der Waals surface area (Å²) in [6.07, 6.45) is 1.58. The van der Waals surface area contributed by atoms with Crippen LogP contribution < -0.4 is 4.74 Å². The molecular weight excluding hydrogens is 473 g/mol. The average molecular weight is 506 g/mol. The predicted octanol–water partition coefficient (Wildman–Crippen LogP) is 5.02. The smallest absolute Gasteiger partial charge is 0.269 e. The van der Waals surface area contributed by atoms with Crippen LogP contribution in [-0.2, 0) is 24.2 Å². The zero-order valence-electron chi connectivity index (χ0n) is 21.2. The van der Waals surface area contributed by atoms with Crippen molar-refractivity contribution in [2.24, 2.45) is 0 Å². The normalized spacial score (nSPS) is 18.0. The summed E-state index contributed by atoms with van der Waals surface area (Å²) in [5.74, 6) is 0.364. The fraction of sp³-hybridized carbons (Fsp3) is 0.345. The van der Waals surface area contributed by atoms with Gasteiger partial charge in [-0.25, -0.2) is 4.39 Å². The van der Waals surface area contributed by atoms with Crippen molar-refractivity contribution in [3.63, 3.8) is 0 Å². The first kappa shape index (κ1) is 26.3. The lowest BCUT2D eigenvalue weighted by Crippen LogP contribution is -2.58. The molecule has 0 N–H and O–H groups in total. The van der Waals surface area contributed by atoms with Gasteiger partial charge in [-0.2, -0.15) is 0 Å². The van der Waals surface area contributed by atoms with Gasteiger partial charge in [0, 0.05) is 43.9 Å². The van der Waals surface area contributed by atoms with Gasteiger partial charge >= 0.3 is 0 Å². The summed E-state index contributed by atoms with van der Waals surface area (Å²) >= 11 is 0. The number of nitro groups is 1. The number of aryl methyl sites for hydroxylation is 2. The highest BCUT2D eigenvalue weighted by atomic mass is 19.1. The SMILES string of the molecule is CC1CN(C(=O)COc2ccc(CCc3ccc([N+](=O)[O-])cc3)cc2)C(C)CN1Cc1ccc(F)cc1. The van der Waals surface area contributed by atoms with Gasteiger partial charge in [-0.1, -0.05) is 36.4 Å². The van der Waals surface area contributed by atoms with Gasteiger partial charge in [-0.15, -0.1) is 0 Å². The molecule has 0 aromatic heterocycles. The van der Waals surface area contributed by atoms with Crippen LogP contribution in [0, 0.1) is 15.9 Å². The van der Waals surface area contributed by atoms with Crippen LogP contribution in [0.3, 0.4) is 0 Å². The lowest BCUT2D eigenvalue weighted by molar-refractivity contribution is -0.384. The van der Waals surface area contributed by atoms with Crippen molar-refractivity contribution in [1.29, 1.82) is 0 Å². The Kier molecular flexibility index (Phi) is 8.50. The van der Waals surface area contributed by atoms with E-state index in [1.165, 1.54) is 24.3 Å². The Balaban J connectivity index is 1.23. The van der Waals surface area contributed by atoms with E-state index in [0.717, 1.165) is 42.6 Å². The second kappa shape index (κ2) is 12.0. The number of piperazine rings is 1. The number of halogens is 1. The van der Waals surface area contributed by atoms with Crippen molar-refractivity contribution in [3.8, 4) is 5.75 Å². The van der Waals surface area contributed by atoms with Gasteiger partial charge in [0.05, 0.1) is 4.92 Å². The van der Waals surface area contributed by atoms with Gasteiger partial charge < -0.3 is 9.64 Å². The third-order valence-electron chi connectivity index (χ3n) is 6.87. The lowest BCUT2D eigenvalue weighted by atomic mass is 10.0. The number of hydrogen-bond acceptors (Lipinski definition) is 5. The molecule has 0 radical (unpaired) electrons. The maximum Gasteiger partial charge on any atom is 0.269 e. The van der Waals surface area contributed by atoms with E-state index in [2.05, 4.69) is 11.8 Å². The van der Waals surface area contributed by atoms with Crippen LogP contribution in [0.4, 0.5) is 10.1 Å². The molecule has 0 aliphatic carbocycles. The van der Waals surface area contributed by atoms with Gasteiger partial charge in [-0.3, -0.25) is 19.8 Å². The molecule has 1 heterocycles. The van der Waals surface area contributed by atoms with E-state index in [1.54, 1.807) is 24.3 Å². The van der Waals surface area contributed by atoms with Crippen molar-refractivity contribution in [2.45, 2.75) is 45.3 Å². The van der Waals surface area contributed by atoms with Crippen molar-refractivity contribution in [3.05, 3.63) is 105 Å². The summed E-state index contributed by atoms with van der Waals surface area (Å²) in [6.45, 7) is 6.21. The first-order valence-electron chi connectivity index (χ1n) is 12.5. The number of nitro benzene ring substituents is 1. The molecule has 8 heteroatoms. The van der Waals surface area contributed by atoms with E-state index in [9.17, 15) is 19.3 Å². The number of hydrogen-bond donors (Lipinski definition) is 0. The van der Waals surface area contributed by atoms with E-state index in [4.69, 9.17) is 4.74 Å². The van der Waals surface area contributed by atoms with Crippen molar-refractivity contribution in [1.82, 2.24) is 9.80 Å². The van der Waals surface area contributed by atoms with Crippen LogP contribution in [0.25, 0.3) is 0 Å². The van der Waals surface area contributed by atoms with Crippen LogP contribution in [0.15, 0.2) is 72.8 Å². The Morgan fingerprint density at radius 2 is 1.46 bits per heavy atom. The number of non-ortho nitro benzene ring substituents is 1. The first-order valence-corrected chi connectivity index (χ1v) is 12.5. The van der Waals surface area contributed by atoms with Crippen molar-refractivity contribution < 1.29 is 18.8 Å². The number of nitrogens with zero attached hydrogens (tertiary/aromatic N) is 3. The number of carbonyl (C=O) groups excluding carboxylic acids is 1. The molecule has 1 fully saturated rings. The molecule has 1 aliphatic heterocycles. The Morgan fingerprint density at radius 1 is 0.892 bits per heavy atom. The highest BCUT2D eigenvalue weighted by Crippen LogP contribution is 2.20. The third kappa shape index (κ3) is 7.13. The minimum absolute atomic E-state index is 0.0167.